The Balaban J connectivity index is 1.24. The second-order valence-electron chi connectivity index (χ2n) is 7.97. The first-order chi connectivity index (χ1) is 16.5. The fourth-order valence-electron chi connectivity index (χ4n) is 3.64. The van der Waals surface area contributed by atoms with Crippen LogP contribution in [0.4, 0.5) is 5.13 Å². The standard InChI is InChI=1S/C25H23N3O5S/c1-14-20(16(3)33-28-14)12-30-19-6-4-5-18(11-19)24(29)27-25-26-15(2)23(34-25)10-17-7-8-21-22(9-17)32-13-31-21/h4-9,11H,10,12-13H2,1-3H3,(H,26,27,29). The number of aryl methyl sites for hydroxylation is 3. The lowest BCUT2D eigenvalue weighted by atomic mass is 10.1. The maximum absolute atomic E-state index is 12.9. The van der Waals surface area contributed by atoms with Gasteiger partial charge in [-0.15, -0.1) is 11.3 Å². The Labute approximate surface area is 200 Å². The zero-order valence-corrected chi connectivity index (χ0v) is 19.8. The average molecular weight is 478 g/mol. The van der Waals surface area contributed by atoms with E-state index in [0.29, 0.717) is 29.5 Å². The molecule has 0 radical (unpaired) electrons. The van der Waals surface area contributed by atoms with E-state index in [1.807, 2.05) is 45.0 Å². The van der Waals surface area contributed by atoms with Gasteiger partial charge >= 0.3 is 0 Å². The molecule has 9 heteroatoms. The minimum absolute atomic E-state index is 0.244. The third-order valence-electron chi connectivity index (χ3n) is 5.58. The molecule has 2 aromatic carbocycles. The fraction of sp³-hybridized carbons (Fsp3) is 0.240. The molecule has 5 rings (SSSR count). The number of nitrogens with one attached hydrogen (secondary N) is 1. The highest BCUT2D eigenvalue weighted by Crippen LogP contribution is 2.34. The van der Waals surface area contributed by atoms with Gasteiger partial charge in [0.15, 0.2) is 16.6 Å². The number of rotatable bonds is 7. The van der Waals surface area contributed by atoms with Gasteiger partial charge in [0, 0.05) is 16.9 Å². The van der Waals surface area contributed by atoms with Gasteiger partial charge in [0.05, 0.1) is 17.0 Å². The van der Waals surface area contributed by atoms with Crippen molar-refractivity contribution in [3.8, 4) is 17.2 Å². The summed E-state index contributed by atoms with van der Waals surface area (Å²) in [6.07, 6.45) is 0.695. The molecule has 0 spiro atoms. The van der Waals surface area contributed by atoms with Gasteiger partial charge in [-0.1, -0.05) is 17.3 Å². The summed E-state index contributed by atoms with van der Waals surface area (Å²) in [5.74, 6) is 2.58. The van der Waals surface area contributed by atoms with E-state index < -0.39 is 0 Å². The SMILES string of the molecule is Cc1nc(NC(=O)c2cccc(OCc3c(C)noc3C)c2)sc1Cc1ccc2c(c1)OCO2. The molecule has 1 amide bonds. The van der Waals surface area contributed by atoms with Crippen LogP contribution in [0.1, 0.15) is 43.5 Å². The Kier molecular flexibility index (Phi) is 5.93. The van der Waals surface area contributed by atoms with Crippen LogP contribution in [0.3, 0.4) is 0 Å². The predicted octanol–water partition coefficient (Wildman–Crippen LogP) is 5.21. The van der Waals surface area contributed by atoms with Gasteiger partial charge < -0.3 is 18.7 Å². The quantitative estimate of drug-likeness (QED) is 0.390. The highest BCUT2D eigenvalue weighted by Gasteiger charge is 2.17. The third kappa shape index (κ3) is 4.60. The summed E-state index contributed by atoms with van der Waals surface area (Å²) in [5.41, 5.74) is 4.16. The van der Waals surface area contributed by atoms with E-state index in [1.165, 1.54) is 11.3 Å². The van der Waals surface area contributed by atoms with E-state index in [9.17, 15) is 4.79 Å². The van der Waals surface area contributed by atoms with E-state index in [0.717, 1.165) is 44.7 Å². The van der Waals surface area contributed by atoms with Crippen LogP contribution < -0.4 is 19.5 Å². The molecule has 0 saturated carbocycles. The maximum Gasteiger partial charge on any atom is 0.257 e. The molecule has 0 aliphatic carbocycles. The van der Waals surface area contributed by atoms with E-state index in [-0.39, 0.29) is 12.7 Å². The Morgan fingerprint density at radius 1 is 1.09 bits per heavy atom. The number of thiazole rings is 1. The molecule has 8 nitrogen and oxygen atoms in total. The number of hydrogen-bond acceptors (Lipinski definition) is 8. The van der Waals surface area contributed by atoms with Crippen molar-refractivity contribution in [3.63, 3.8) is 0 Å². The number of nitrogens with zero attached hydrogens (tertiary/aromatic N) is 2. The first-order valence-electron chi connectivity index (χ1n) is 10.8. The highest BCUT2D eigenvalue weighted by atomic mass is 32.1. The predicted molar refractivity (Wildman–Crippen MR) is 127 cm³/mol. The number of anilines is 1. The summed E-state index contributed by atoms with van der Waals surface area (Å²) in [6, 6.07) is 13.0. The number of hydrogen-bond donors (Lipinski definition) is 1. The lowest BCUT2D eigenvalue weighted by molar-refractivity contribution is 0.102. The second kappa shape index (κ2) is 9.18. The molecule has 0 saturated heterocycles. The molecule has 4 aromatic rings. The molecule has 1 N–H and O–H groups in total. The van der Waals surface area contributed by atoms with Crippen molar-refractivity contribution in [2.75, 3.05) is 12.1 Å². The van der Waals surface area contributed by atoms with Crippen molar-refractivity contribution >= 4 is 22.4 Å². The molecular weight excluding hydrogens is 454 g/mol. The number of aromatic nitrogens is 2. The molecule has 0 bridgehead atoms. The number of carbonyl (C=O) groups excluding carboxylic acids is 1. The van der Waals surface area contributed by atoms with Crippen LogP contribution in [0.2, 0.25) is 0 Å². The van der Waals surface area contributed by atoms with Crippen molar-refractivity contribution < 1.29 is 23.5 Å². The van der Waals surface area contributed by atoms with Crippen LogP contribution in [-0.2, 0) is 13.0 Å². The van der Waals surface area contributed by atoms with Crippen molar-refractivity contribution in [2.24, 2.45) is 0 Å². The smallest absolute Gasteiger partial charge is 0.257 e. The van der Waals surface area contributed by atoms with Crippen molar-refractivity contribution in [1.29, 1.82) is 0 Å². The molecule has 3 heterocycles. The number of carbonyl (C=O) groups is 1. The van der Waals surface area contributed by atoms with Gasteiger partial charge in [0.2, 0.25) is 6.79 Å². The maximum atomic E-state index is 12.9. The lowest BCUT2D eigenvalue weighted by Crippen LogP contribution is -2.11. The van der Waals surface area contributed by atoms with Gasteiger partial charge in [0.25, 0.3) is 5.91 Å². The monoisotopic (exact) mass is 477 g/mol. The minimum Gasteiger partial charge on any atom is -0.489 e. The van der Waals surface area contributed by atoms with Crippen LogP contribution in [0, 0.1) is 20.8 Å². The van der Waals surface area contributed by atoms with Crippen molar-refractivity contribution in [3.05, 3.63) is 81.2 Å². The molecular formula is C25H23N3O5S. The Morgan fingerprint density at radius 3 is 2.76 bits per heavy atom. The summed E-state index contributed by atoms with van der Waals surface area (Å²) >= 11 is 1.46. The largest absolute Gasteiger partial charge is 0.489 e. The van der Waals surface area contributed by atoms with Crippen LogP contribution in [-0.4, -0.2) is 22.8 Å². The topological polar surface area (TPSA) is 95.7 Å². The Bertz CT molecular complexity index is 1340. The molecule has 1 aliphatic rings. The average Bonchev–Trinajstić information content (AvgIpc) is 3.52. The molecule has 0 atom stereocenters. The first-order valence-corrected chi connectivity index (χ1v) is 11.6. The third-order valence-corrected chi connectivity index (χ3v) is 6.65. The molecule has 2 aromatic heterocycles. The summed E-state index contributed by atoms with van der Waals surface area (Å²) in [4.78, 5) is 18.5. The van der Waals surface area contributed by atoms with E-state index in [2.05, 4.69) is 15.5 Å². The van der Waals surface area contributed by atoms with Gasteiger partial charge in [-0.2, -0.15) is 0 Å². The van der Waals surface area contributed by atoms with E-state index >= 15 is 0 Å². The van der Waals surface area contributed by atoms with Gasteiger partial charge in [-0.3, -0.25) is 10.1 Å². The molecule has 1 aliphatic heterocycles. The summed E-state index contributed by atoms with van der Waals surface area (Å²) < 4.78 is 21.9. The fourth-order valence-corrected chi connectivity index (χ4v) is 4.63. The number of benzene rings is 2. The van der Waals surface area contributed by atoms with Crippen molar-refractivity contribution in [1.82, 2.24) is 10.1 Å². The first kappa shape index (κ1) is 22.0. The molecule has 0 fully saturated rings. The van der Waals surface area contributed by atoms with Gasteiger partial charge in [-0.05, 0) is 56.7 Å². The molecule has 174 valence electrons. The summed E-state index contributed by atoms with van der Waals surface area (Å²) in [6.45, 7) is 6.23. The van der Waals surface area contributed by atoms with Crippen LogP contribution in [0.15, 0.2) is 47.0 Å². The van der Waals surface area contributed by atoms with Crippen LogP contribution >= 0.6 is 11.3 Å². The molecule has 34 heavy (non-hydrogen) atoms. The van der Waals surface area contributed by atoms with Gasteiger partial charge in [0.1, 0.15) is 18.1 Å². The number of fused-ring (bicyclic) bond motifs is 1. The zero-order valence-electron chi connectivity index (χ0n) is 19.0. The van der Waals surface area contributed by atoms with Crippen LogP contribution in [0.25, 0.3) is 0 Å². The van der Waals surface area contributed by atoms with E-state index in [4.69, 9.17) is 18.7 Å². The van der Waals surface area contributed by atoms with Crippen molar-refractivity contribution in [2.45, 2.75) is 33.8 Å². The summed E-state index contributed by atoms with van der Waals surface area (Å²) in [5, 5.41) is 7.40. The van der Waals surface area contributed by atoms with Gasteiger partial charge in [-0.25, -0.2) is 4.98 Å². The Hall–Kier alpha value is -3.85. The molecule has 0 unspecified atom stereocenters. The normalized spacial score (nSPS) is 12.1. The number of ether oxygens (including phenoxy) is 3. The minimum atomic E-state index is -0.244. The number of amides is 1. The second-order valence-corrected chi connectivity index (χ2v) is 9.05. The lowest BCUT2D eigenvalue weighted by Gasteiger charge is -2.08. The Morgan fingerprint density at radius 2 is 1.94 bits per heavy atom. The zero-order chi connectivity index (χ0) is 23.7. The highest BCUT2D eigenvalue weighted by molar-refractivity contribution is 7.15. The van der Waals surface area contributed by atoms with E-state index in [1.54, 1.807) is 18.2 Å². The summed E-state index contributed by atoms with van der Waals surface area (Å²) in [7, 11) is 0. The van der Waals surface area contributed by atoms with Crippen LogP contribution in [0.5, 0.6) is 17.2 Å².